The molecule has 7 nitrogen and oxygen atoms in total. The molecule has 3 atom stereocenters. The summed E-state index contributed by atoms with van der Waals surface area (Å²) in [6.07, 6.45) is -1.46. The molecule has 1 aliphatic heterocycles. The van der Waals surface area contributed by atoms with E-state index < -0.39 is 23.6 Å². The van der Waals surface area contributed by atoms with Crippen molar-refractivity contribution < 1.29 is 17.6 Å². The Morgan fingerprint density at radius 1 is 1.16 bits per heavy atom. The summed E-state index contributed by atoms with van der Waals surface area (Å²) in [5.41, 5.74) is -0.0566. The summed E-state index contributed by atoms with van der Waals surface area (Å²) >= 11 is 0. The Morgan fingerprint density at radius 3 is 2.56 bits per heavy atom. The van der Waals surface area contributed by atoms with Crippen LogP contribution >= 0.6 is 0 Å². The molecule has 172 valence electrons. The molecule has 1 aliphatic rings. The third-order valence-corrected chi connectivity index (χ3v) is 6.19. The van der Waals surface area contributed by atoms with E-state index in [0.717, 1.165) is 6.07 Å². The molecule has 0 saturated carbocycles. The number of aryl methyl sites for hydroxylation is 1. The number of piperazine rings is 1. The quantitative estimate of drug-likeness (QED) is 0.572. The summed E-state index contributed by atoms with van der Waals surface area (Å²) in [5, 5.41) is 6.53. The molecule has 32 heavy (non-hydrogen) atoms. The Kier molecular flexibility index (Phi) is 5.48. The van der Waals surface area contributed by atoms with Crippen LogP contribution in [0.15, 0.2) is 35.4 Å². The summed E-state index contributed by atoms with van der Waals surface area (Å²) < 4.78 is 55.6. The molecular weight excluding hydrogens is 428 g/mol. The predicted molar refractivity (Wildman–Crippen MR) is 111 cm³/mol. The van der Waals surface area contributed by atoms with Crippen LogP contribution in [0.1, 0.15) is 37.9 Å². The van der Waals surface area contributed by atoms with Crippen molar-refractivity contribution in [3.05, 3.63) is 58.0 Å². The van der Waals surface area contributed by atoms with Crippen molar-refractivity contribution in [1.29, 1.82) is 0 Å². The largest absolute Gasteiger partial charge is 0.416 e. The lowest BCUT2D eigenvalue weighted by Crippen LogP contribution is -2.60. The minimum absolute atomic E-state index is 0.0531. The molecule has 1 fully saturated rings. The lowest BCUT2D eigenvalue weighted by atomic mass is 9.96. The molecule has 1 aromatic carbocycles. The average Bonchev–Trinajstić information content (AvgIpc) is 3.16. The van der Waals surface area contributed by atoms with Gasteiger partial charge >= 0.3 is 11.9 Å². The Labute approximate surface area is 181 Å². The number of aromatic nitrogens is 4. The van der Waals surface area contributed by atoms with Gasteiger partial charge in [-0.15, -0.1) is 5.10 Å². The molecule has 3 aromatic rings. The third kappa shape index (κ3) is 3.85. The maximum atomic E-state index is 13.5. The first-order valence-corrected chi connectivity index (χ1v) is 10.3. The standard InChI is InChI=1S/C21H24F4N6O/c1-12-10-30(31-11-19-18(27-31)8-26-20(32)28(19)4)13(2)9-29(12)14(3)16-6-5-15(22)7-17(16)21(23,24)25/h5-8,11-14H,9-10H2,1-4H3/t12-,13+,14?/m1/s1. The maximum absolute atomic E-state index is 13.5. The number of nitrogens with zero attached hydrogens (tertiary/aromatic N) is 6. The van der Waals surface area contributed by atoms with Crippen LogP contribution in [0.2, 0.25) is 0 Å². The van der Waals surface area contributed by atoms with Crippen molar-refractivity contribution in [3.63, 3.8) is 0 Å². The van der Waals surface area contributed by atoms with Crippen molar-refractivity contribution in [1.82, 2.24) is 24.3 Å². The molecule has 4 rings (SSSR count). The molecule has 1 unspecified atom stereocenters. The SMILES string of the molecule is CC(c1ccc(F)cc1C(F)(F)F)N1C[C@H](C)N(n2cc3c(cnc(=O)n3C)n2)C[C@H]1C. The summed E-state index contributed by atoms with van der Waals surface area (Å²) in [5.74, 6) is -0.908. The van der Waals surface area contributed by atoms with Gasteiger partial charge in [0, 0.05) is 25.7 Å². The topological polar surface area (TPSA) is 59.2 Å². The number of alkyl halides is 3. The van der Waals surface area contributed by atoms with Gasteiger partial charge in [0.15, 0.2) is 0 Å². The van der Waals surface area contributed by atoms with Crippen LogP contribution in [0, 0.1) is 5.82 Å². The van der Waals surface area contributed by atoms with Crippen LogP contribution in [-0.4, -0.2) is 49.5 Å². The Morgan fingerprint density at radius 2 is 1.88 bits per heavy atom. The van der Waals surface area contributed by atoms with E-state index in [-0.39, 0.29) is 23.3 Å². The monoisotopic (exact) mass is 452 g/mol. The van der Waals surface area contributed by atoms with Crippen LogP contribution in [0.5, 0.6) is 0 Å². The number of hydrogen-bond acceptors (Lipinski definition) is 5. The van der Waals surface area contributed by atoms with Crippen molar-refractivity contribution in [2.45, 2.75) is 45.1 Å². The first-order chi connectivity index (χ1) is 15.0. The fourth-order valence-corrected chi connectivity index (χ4v) is 4.43. The van der Waals surface area contributed by atoms with Crippen LogP contribution < -0.4 is 10.7 Å². The second-order valence-corrected chi connectivity index (χ2v) is 8.34. The lowest BCUT2D eigenvalue weighted by Gasteiger charge is -2.47. The van der Waals surface area contributed by atoms with E-state index >= 15 is 0 Å². The first kappa shape index (κ1) is 22.3. The fourth-order valence-electron chi connectivity index (χ4n) is 4.43. The highest BCUT2D eigenvalue weighted by Gasteiger charge is 2.39. The second-order valence-electron chi connectivity index (χ2n) is 8.34. The van der Waals surface area contributed by atoms with Crippen LogP contribution in [0.3, 0.4) is 0 Å². The molecule has 0 amide bonds. The number of halogens is 4. The van der Waals surface area contributed by atoms with E-state index in [0.29, 0.717) is 30.2 Å². The van der Waals surface area contributed by atoms with Gasteiger partial charge in [-0.05, 0) is 38.5 Å². The molecule has 0 bridgehead atoms. The second kappa shape index (κ2) is 7.88. The van der Waals surface area contributed by atoms with Gasteiger partial charge in [0.25, 0.3) is 0 Å². The van der Waals surface area contributed by atoms with Crippen molar-refractivity contribution in [2.24, 2.45) is 7.05 Å². The van der Waals surface area contributed by atoms with Gasteiger partial charge in [-0.2, -0.15) is 22.9 Å². The number of rotatable bonds is 3. The highest BCUT2D eigenvalue weighted by Crippen LogP contribution is 2.38. The predicted octanol–water partition coefficient (Wildman–Crippen LogP) is 3.08. The van der Waals surface area contributed by atoms with Gasteiger partial charge in [0.05, 0.1) is 36.1 Å². The van der Waals surface area contributed by atoms with Gasteiger partial charge in [0.2, 0.25) is 0 Å². The van der Waals surface area contributed by atoms with Crippen molar-refractivity contribution >= 4 is 11.0 Å². The van der Waals surface area contributed by atoms with E-state index in [1.54, 1.807) is 25.0 Å². The zero-order chi connectivity index (χ0) is 23.4. The van der Waals surface area contributed by atoms with Crippen molar-refractivity contribution in [3.8, 4) is 0 Å². The average molecular weight is 452 g/mol. The van der Waals surface area contributed by atoms with Crippen LogP contribution in [0.4, 0.5) is 17.6 Å². The normalized spacial score (nSPS) is 21.3. The van der Waals surface area contributed by atoms with Crippen LogP contribution in [-0.2, 0) is 13.2 Å². The highest BCUT2D eigenvalue weighted by atomic mass is 19.4. The number of fused-ring (bicyclic) bond motifs is 1. The van der Waals surface area contributed by atoms with E-state index in [9.17, 15) is 22.4 Å². The fraction of sp³-hybridized carbons (Fsp3) is 0.476. The molecular formula is C21H24F4N6O. The summed E-state index contributed by atoms with van der Waals surface area (Å²) in [4.78, 5) is 19.3. The molecule has 11 heteroatoms. The molecule has 0 spiro atoms. The smallest absolute Gasteiger partial charge is 0.292 e. The molecule has 0 aliphatic carbocycles. The third-order valence-electron chi connectivity index (χ3n) is 6.19. The van der Waals surface area contributed by atoms with Gasteiger partial charge in [-0.1, -0.05) is 6.07 Å². The Balaban J connectivity index is 1.61. The molecule has 2 aromatic heterocycles. The Bertz CT molecular complexity index is 1200. The van der Waals surface area contributed by atoms with Gasteiger partial charge in [-0.3, -0.25) is 14.5 Å². The maximum Gasteiger partial charge on any atom is 0.416 e. The van der Waals surface area contributed by atoms with Gasteiger partial charge < -0.3 is 0 Å². The van der Waals surface area contributed by atoms with E-state index in [2.05, 4.69) is 10.1 Å². The molecule has 0 radical (unpaired) electrons. The minimum atomic E-state index is -4.64. The zero-order valence-corrected chi connectivity index (χ0v) is 18.1. The van der Waals surface area contributed by atoms with E-state index in [1.165, 1.54) is 16.8 Å². The highest BCUT2D eigenvalue weighted by molar-refractivity contribution is 5.72. The van der Waals surface area contributed by atoms with E-state index in [4.69, 9.17) is 0 Å². The minimum Gasteiger partial charge on any atom is -0.292 e. The Hall–Kier alpha value is -2.95. The molecule has 3 heterocycles. The summed E-state index contributed by atoms with van der Waals surface area (Å²) in [6.45, 7) is 6.59. The first-order valence-electron chi connectivity index (χ1n) is 10.3. The van der Waals surface area contributed by atoms with Gasteiger partial charge in [0.1, 0.15) is 11.3 Å². The molecule has 0 N–H and O–H groups in total. The summed E-state index contributed by atoms with van der Waals surface area (Å²) in [7, 11) is 1.62. The zero-order valence-electron chi connectivity index (χ0n) is 18.1. The van der Waals surface area contributed by atoms with Gasteiger partial charge in [-0.25, -0.2) is 9.18 Å². The molecule has 1 saturated heterocycles. The van der Waals surface area contributed by atoms with E-state index in [1.807, 2.05) is 23.8 Å². The number of benzene rings is 1. The number of hydrogen-bond donors (Lipinski definition) is 0. The summed E-state index contributed by atoms with van der Waals surface area (Å²) in [6, 6.07) is 2.10. The van der Waals surface area contributed by atoms with Crippen molar-refractivity contribution in [2.75, 3.05) is 18.1 Å². The lowest BCUT2D eigenvalue weighted by molar-refractivity contribution is -0.139. The van der Waals surface area contributed by atoms with Crippen LogP contribution in [0.25, 0.3) is 11.0 Å².